The maximum absolute atomic E-state index is 6.09. The molecule has 1 aliphatic heterocycles. The fraction of sp³-hybridized carbons (Fsp3) is 0.600. The summed E-state index contributed by atoms with van der Waals surface area (Å²) >= 11 is 0. The van der Waals surface area contributed by atoms with Crippen LogP contribution in [0.5, 0.6) is 5.75 Å². The van der Waals surface area contributed by atoms with Crippen molar-refractivity contribution in [2.75, 3.05) is 6.54 Å². The van der Waals surface area contributed by atoms with Crippen LogP contribution in [-0.4, -0.2) is 18.7 Å². The molecule has 3 rings (SSSR count). The molecule has 2 aliphatic rings. The highest BCUT2D eigenvalue weighted by molar-refractivity contribution is 5.37. The average Bonchev–Trinajstić information content (AvgIpc) is 3.05. The lowest BCUT2D eigenvalue weighted by molar-refractivity contribution is 0.169. The molecule has 0 aromatic heterocycles. The van der Waals surface area contributed by atoms with E-state index >= 15 is 0 Å². The Morgan fingerprint density at radius 3 is 2.88 bits per heavy atom. The first-order valence-corrected chi connectivity index (χ1v) is 6.84. The van der Waals surface area contributed by atoms with E-state index in [-0.39, 0.29) is 0 Å². The van der Waals surface area contributed by atoms with E-state index in [9.17, 15) is 0 Å². The van der Waals surface area contributed by atoms with E-state index in [0.717, 1.165) is 24.6 Å². The van der Waals surface area contributed by atoms with Crippen molar-refractivity contribution in [3.63, 3.8) is 0 Å². The maximum Gasteiger partial charge on any atom is 0.123 e. The Bertz CT molecular complexity index is 361. The molecule has 1 N–H and O–H groups in total. The van der Waals surface area contributed by atoms with E-state index in [1.54, 1.807) is 0 Å². The van der Waals surface area contributed by atoms with Crippen molar-refractivity contribution in [1.82, 2.24) is 5.32 Å². The molecule has 0 bridgehead atoms. The third-order valence-electron chi connectivity index (χ3n) is 3.87. The predicted molar refractivity (Wildman–Crippen MR) is 69.4 cm³/mol. The summed E-state index contributed by atoms with van der Waals surface area (Å²) in [6.45, 7) is 3.22. The summed E-state index contributed by atoms with van der Waals surface area (Å²) in [5.41, 5.74) is 1.37. The lowest BCUT2D eigenvalue weighted by Crippen LogP contribution is -2.42. The van der Waals surface area contributed by atoms with Gasteiger partial charge in [-0.2, -0.15) is 0 Å². The average molecular weight is 231 g/mol. The molecule has 1 saturated carbocycles. The van der Waals surface area contributed by atoms with Crippen molar-refractivity contribution < 1.29 is 4.74 Å². The van der Waals surface area contributed by atoms with Gasteiger partial charge >= 0.3 is 0 Å². The Morgan fingerprint density at radius 2 is 2.18 bits per heavy atom. The second kappa shape index (κ2) is 4.69. The highest BCUT2D eigenvalue weighted by atomic mass is 16.5. The highest BCUT2D eigenvalue weighted by Gasteiger charge is 2.34. The molecule has 1 heterocycles. The van der Waals surface area contributed by atoms with Gasteiger partial charge in [-0.05, 0) is 30.5 Å². The summed E-state index contributed by atoms with van der Waals surface area (Å²) in [6.07, 6.45) is 5.53. The second-order valence-electron chi connectivity index (χ2n) is 5.31. The van der Waals surface area contributed by atoms with Gasteiger partial charge in [0.15, 0.2) is 0 Å². The molecule has 1 fully saturated rings. The van der Waals surface area contributed by atoms with Gasteiger partial charge in [0.1, 0.15) is 11.9 Å². The molecule has 2 unspecified atom stereocenters. The van der Waals surface area contributed by atoms with Crippen LogP contribution in [0.25, 0.3) is 0 Å². The number of likely N-dealkylation sites (N-methyl/N-ethyl adjacent to an activating group) is 1. The summed E-state index contributed by atoms with van der Waals surface area (Å²) in [5, 5.41) is 3.61. The van der Waals surface area contributed by atoms with Crippen LogP contribution in [0.15, 0.2) is 24.3 Å². The number of para-hydroxylation sites is 1. The Kier molecular flexibility index (Phi) is 3.06. The van der Waals surface area contributed by atoms with Crippen LogP contribution < -0.4 is 10.1 Å². The molecule has 92 valence electrons. The maximum atomic E-state index is 6.09. The van der Waals surface area contributed by atoms with E-state index in [1.165, 1.54) is 24.8 Å². The Labute approximate surface area is 103 Å². The molecular weight excluding hydrogens is 210 g/mol. The van der Waals surface area contributed by atoms with Crippen LogP contribution in [0.3, 0.4) is 0 Å². The van der Waals surface area contributed by atoms with E-state index in [1.807, 2.05) is 0 Å². The van der Waals surface area contributed by atoms with Crippen LogP contribution in [0.2, 0.25) is 0 Å². The SMILES string of the molecule is CCNC(CC1CC1)C1Cc2ccccc2O1. The second-order valence-corrected chi connectivity index (χ2v) is 5.31. The topological polar surface area (TPSA) is 21.3 Å². The molecule has 0 spiro atoms. The first kappa shape index (κ1) is 11.1. The number of rotatable bonds is 5. The number of hydrogen-bond acceptors (Lipinski definition) is 2. The van der Waals surface area contributed by atoms with Gasteiger partial charge in [0, 0.05) is 12.5 Å². The third-order valence-corrected chi connectivity index (χ3v) is 3.87. The Balaban J connectivity index is 1.67. The zero-order chi connectivity index (χ0) is 11.7. The molecule has 1 aromatic carbocycles. The van der Waals surface area contributed by atoms with E-state index in [0.29, 0.717) is 12.1 Å². The lowest BCUT2D eigenvalue weighted by Gasteiger charge is -2.24. The van der Waals surface area contributed by atoms with E-state index in [4.69, 9.17) is 4.74 Å². The summed E-state index contributed by atoms with van der Waals surface area (Å²) in [5.74, 6) is 2.04. The smallest absolute Gasteiger partial charge is 0.123 e. The summed E-state index contributed by atoms with van der Waals surface area (Å²) in [6, 6.07) is 8.98. The Hall–Kier alpha value is -1.02. The zero-order valence-electron chi connectivity index (χ0n) is 10.5. The van der Waals surface area contributed by atoms with Crippen molar-refractivity contribution >= 4 is 0 Å². The van der Waals surface area contributed by atoms with Crippen LogP contribution in [0.1, 0.15) is 31.7 Å². The minimum Gasteiger partial charge on any atom is -0.488 e. The van der Waals surface area contributed by atoms with Crippen LogP contribution >= 0.6 is 0 Å². The number of ether oxygens (including phenoxy) is 1. The minimum absolute atomic E-state index is 0.341. The molecule has 0 saturated heterocycles. The van der Waals surface area contributed by atoms with Gasteiger partial charge in [0.2, 0.25) is 0 Å². The van der Waals surface area contributed by atoms with Crippen LogP contribution in [-0.2, 0) is 6.42 Å². The fourth-order valence-electron chi connectivity index (χ4n) is 2.77. The monoisotopic (exact) mass is 231 g/mol. The quantitative estimate of drug-likeness (QED) is 0.841. The zero-order valence-corrected chi connectivity index (χ0v) is 10.5. The molecule has 1 aliphatic carbocycles. The van der Waals surface area contributed by atoms with Crippen LogP contribution in [0, 0.1) is 5.92 Å². The first-order chi connectivity index (χ1) is 8.36. The van der Waals surface area contributed by atoms with Crippen molar-refractivity contribution in [3.05, 3.63) is 29.8 Å². The summed E-state index contributed by atoms with van der Waals surface area (Å²) < 4.78 is 6.09. The van der Waals surface area contributed by atoms with E-state index < -0.39 is 0 Å². The predicted octanol–water partition coefficient (Wildman–Crippen LogP) is 2.77. The van der Waals surface area contributed by atoms with Crippen molar-refractivity contribution in [3.8, 4) is 5.75 Å². The lowest BCUT2D eigenvalue weighted by atomic mass is 10.00. The fourth-order valence-corrected chi connectivity index (χ4v) is 2.77. The molecule has 17 heavy (non-hydrogen) atoms. The van der Waals surface area contributed by atoms with Crippen molar-refractivity contribution in [1.29, 1.82) is 0 Å². The molecule has 2 atom stereocenters. The number of nitrogens with one attached hydrogen (secondary N) is 1. The normalized spacial score (nSPS) is 24.2. The van der Waals surface area contributed by atoms with Gasteiger partial charge < -0.3 is 10.1 Å². The van der Waals surface area contributed by atoms with Crippen LogP contribution in [0.4, 0.5) is 0 Å². The molecule has 1 aromatic rings. The first-order valence-electron chi connectivity index (χ1n) is 6.84. The van der Waals surface area contributed by atoms with Gasteiger partial charge in [0.05, 0.1) is 0 Å². The van der Waals surface area contributed by atoms with Gasteiger partial charge in [-0.25, -0.2) is 0 Å². The van der Waals surface area contributed by atoms with Crippen molar-refractivity contribution in [2.24, 2.45) is 5.92 Å². The van der Waals surface area contributed by atoms with Crippen molar-refractivity contribution in [2.45, 2.75) is 44.8 Å². The molecule has 0 amide bonds. The standard InChI is InChI=1S/C15H21NO/c1-2-16-13(9-11-7-8-11)15-10-12-5-3-4-6-14(12)17-15/h3-6,11,13,15-16H,2,7-10H2,1H3. The minimum atomic E-state index is 0.341. The van der Waals surface area contributed by atoms with Gasteiger partial charge in [-0.15, -0.1) is 0 Å². The molecule has 2 nitrogen and oxygen atoms in total. The van der Waals surface area contributed by atoms with E-state index in [2.05, 4.69) is 36.5 Å². The summed E-state index contributed by atoms with van der Waals surface area (Å²) in [4.78, 5) is 0. The number of fused-ring (bicyclic) bond motifs is 1. The third kappa shape index (κ3) is 2.47. The Morgan fingerprint density at radius 1 is 1.35 bits per heavy atom. The molecule has 2 heteroatoms. The molecular formula is C15H21NO. The highest BCUT2D eigenvalue weighted by Crippen LogP contribution is 2.37. The molecule has 0 radical (unpaired) electrons. The summed E-state index contributed by atoms with van der Waals surface area (Å²) in [7, 11) is 0. The largest absolute Gasteiger partial charge is 0.488 e. The van der Waals surface area contributed by atoms with Gasteiger partial charge in [0.25, 0.3) is 0 Å². The number of benzene rings is 1. The van der Waals surface area contributed by atoms with Gasteiger partial charge in [-0.3, -0.25) is 0 Å². The number of hydrogen-bond donors (Lipinski definition) is 1. The van der Waals surface area contributed by atoms with Gasteiger partial charge in [-0.1, -0.05) is 38.0 Å².